The quantitative estimate of drug-likeness (QED) is 0.848. The highest BCUT2D eigenvalue weighted by Crippen LogP contribution is 2.20. The molecule has 1 heterocycles. The van der Waals surface area contributed by atoms with Gasteiger partial charge in [-0.05, 0) is 25.5 Å². The summed E-state index contributed by atoms with van der Waals surface area (Å²) >= 11 is 0. The lowest BCUT2D eigenvalue weighted by atomic mass is 10.1. The minimum atomic E-state index is -4.47. The van der Waals surface area contributed by atoms with Gasteiger partial charge in [0, 0.05) is 6.61 Å². The van der Waals surface area contributed by atoms with Gasteiger partial charge in [-0.15, -0.1) is 0 Å². The molecule has 0 spiro atoms. The van der Waals surface area contributed by atoms with E-state index in [0.717, 1.165) is 0 Å². The first-order valence-electron chi connectivity index (χ1n) is 6.14. The number of benzene rings is 1. The molecule has 1 fully saturated rings. The SMILES string of the molecule is CC1OCCC1NC(=O)c1cc(F)cc(S(N)(=O)=O)c1F. The van der Waals surface area contributed by atoms with Crippen molar-refractivity contribution in [3.8, 4) is 0 Å². The molecular weight excluding hydrogens is 306 g/mol. The highest BCUT2D eigenvalue weighted by Gasteiger charge is 2.29. The molecule has 1 aliphatic rings. The Hall–Kier alpha value is -1.58. The molecule has 2 rings (SSSR count). The number of carbonyl (C=O) groups is 1. The first-order chi connectivity index (χ1) is 9.70. The fourth-order valence-electron chi connectivity index (χ4n) is 2.10. The van der Waals surface area contributed by atoms with Gasteiger partial charge in [-0.1, -0.05) is 0 Å². The van der Waals surface area contributed by atoms with Crippen LogP contribution >= 0.6 is 0 Å². The van der Waals surface area contributed by atoms with Gasteiger partial charge in [0.05, 0.1) is 17.7 Å². The number of rotatable bonds is 3. The molecule has 21 heavy (non-hydrogen) atoms. The Balaban J connectivity index is 2.35. The minimum absolute atomic E-state index is 0.261. The standard InChI is InChI=1S/C12H14F2N2O4S/c1-6-9(2-3-20-6)16-12(17)8-4-7(13)5-10(11(8)14)21(15,18)19/h4-6,9H,2-3H2,1H3,(H,16,17)(H2,15,18,19). The van der Waals surface area contributed by atoms with Gasteiger partial charge in [0.25, 0.3) is 5.91 Å². The van der Waals surface area contributed by atoms with E-state index in [-0.39, 0.29) is 12.1 Å². The van der Waals surface area contributed by atoms with Crippen LogP contribution < -0.4 is 10.5 Å². The molecule has 1 aromatic carbocycles. The molecule has 3 N–H and O–H groups in total. The first kappa shape index (κ1) is 15.8. The molecule has 2 unspecified atom stereocenters. The molecular formula is C12H14F2N2O4S. The normalized spacial score (nSPS) is 22.3. The van der Waals surface area contributed by atoms with Gasteiger partial charge in [0.15, 0.2) is 5.82 Å². The maximum absolute atomic E-state index is 14.1. The zero-order valence-corrected chi connectivity index (χ0v) is 11.9. The van der Waals surface area contributed by atoms with Gasteiger partial charge in [-0.25, -0.2) is 22.3 Å². The van der Waals surface area contributed by atoms with Crippen LogP contribution in [-0.2, 0) is 14.8 Å². The molecule has 9 heteroatoms. The van der Waals surface area contributed by atoms with E-state index >= 15 is 0 Å². The molecule has 6 nitrogen and oxygen atoms in total. The van der Waals surface area contributed by atoms with Crippen LogP contribution in [0.2, 0.25) is 0 Å². The average Bonchev–Trinajstić information content (AvgIpc) is 2.76. The lowest BCUT2D eigenvalue weighted by Crippen LogP contribution is -2.39. The molecule has 0 bridgehead atoms. The van der Waals surface area contributed by atoms with E-state index in [2.05, 4.69) is 5.32 Å². The molecule has 116 valence electrons. The van der Waals surface area contributed by atoms with Gasteiger partial charge < -0.3 is 10.1 Å². The van der Waals surface area contributed by atoms with Crippen molar-refractivity contribution < 1.29 is 26.7 Å². The van der Waals surface area contributed by atoms with Crippen molar-refractivity contribution in [1.29, 1.82) is 0 Å². The molecule has 2 atom stereocenters. The zero-order valence-electron chi connectivity index (χ0n) is 11.1. The summed E-state index contributed by atoms with van der Waals surface area (Å²) in [6.45, 7) is 2.18. The summed E-state index contributed by atoms with van der Waals surface area (Å²) in [5, 5.41) is 7.28. The second-order valence-electron chi connectivity index (χ2n) is 4.76. The van der Waals surface area contributed by atoms with Crippen LogP contribution in [0, 0.1) is 11.6 Å². The highest BCUT2D eigenvalue weighted by atomic mass is 32.2. The number of nitrogens with one attached hydrogen (secondary N) is 1. The zero-order chi connectivity index (χ0) is 15.8. The number of sulfonamides is 1. The summed E-state index contributed by atoms with van der Waals surface area (Å²) in [7, 11) is -4.47. The predicted molar refractivity (Wildman–Crippen MR) is 69.0 cm³/mol. The average molecular weight is 320 g/mol. The summed E-state index contributed by atoms with van der Waals surface area (Å²) in [5.41, 5.74) is -0.710. The van der Waals surface area contributed by atoms with Crippen LogP contribution in [-0.4, -0.2) is 33.1 Å². The number of primary sulfonamides is 1. The Morgan fingerprint density at radius 1 is 1.43 bits per heavy atom. The van der Waals surface area contributed by atoms with Crippen molar-refractivity contribution in [3.63, 3.8) is 0 Å². The third kappa shape index (κ3) is 3.36. The second kappa shape index (κ2) is 5.66. The van der Waals surface area contributed by atoms with Gasteiger partial charge in [-0.2, -0.15) is 0 Å². The van der Waals surface area contributed by atoms with Crippen molar-refractivity contribution in [2.75, 3.05) is 6.61 Å². The summed E-state index contributed by atoms with van der Waals surface area (Å²) in [6.07, 6.45) is 0.273. The van der Waals surface area contributed by atoms with E-state index in [1.165, 1.54) is 0 Å². The van der Waals surface area contributed by atoms with Gasteiger partial charge in [0.2, 0.25) is 10.0 Å². The van der Waals surface area contributed by atoms with Gasteiger partial charge in [-0.3, -0.25) is 4.79 Å². The lowest BCUT2D eigenvalue weighted by Gasteiger charge is -2.16. The Morgan fingerprint density at radius 3 is 2.62 bits per heavy atom. The van der Waals surface area contributed by atoms with E-state index in [9.17, 15) is 22.0 Å². The minimum Gasteiger partial charge on any atom is -0.376 e. The second-order valence-corrected chi connectivity index (χ2v) is 6.28. The molecule has 1 aliphatic heterocycles. The fraction of sp³-hybridized carbons (Fsp3) is 0.417. The Bertz CT molecular complexity index is 678. The largest absolute Gasteiger partial charge is 0.376 e. The van der Waals surface area contributed by atoms with Crippen molar-refractivity contribution in [1.82, 2.24) is 5.32 Å². The smallest absolute Gasteiger partial charge is 0.254 e. The fourth-order valence-corrected chi connectivity index (χ4v) is 2.74. The number of carbonyl (C=O) groups excluding carboxylic acids is 1. The van der Waals surface area contributed by atoms with Crippen molar-refractivity contribution in [3.05, 3.63) is 29.3 Å². The van der Waals surface area contributed by atoms with Crippen molar-refractivity contribution in [2.24, 2.45) is 5.14 Å². The molecule has 0 saturated carbocycles. The Kier molecular flexibility index (Phi) is 4.26. The number of hydrogen-bond donors (Lipinski definition) is 2. The summed E-state index contributed by atoms with van der Waals surface area (Å²) in [6, 6.07) is 0.709. The summed E-state index contributed by atoms with van der Waals surface area (Å²) in [4.78, 5) is 10.9. The van der Waals surface area contributed by atoms with Crippen LogP contribution in [0.3, 0.4) is 0 Å². The van der Waals surface area contributed by atoms with Crippen LogP contribution in [0.1, 0.15) is 23.7 Å². The number of hydrogen-bond acceptors (Lipinski definition) is 4. The Morgan fingerprint density at radius 2 is 2.10 bits per heavy atom. The number of amides is 1. The molecule has 0 radical (unpaired) electrons. The lowest BCUT2D eigenvalue weighted by molar-refractivity contribution is 0.0861. The Labute approximate surface area is 120 Å². The number of ether oxygens (including phenoxy) is 1. The van der Waals surface area contributed by atoms with Crippen molar-refractivity contribution in [2.45, 2.75) is 30.4 Å². The van der Waals surface area contributed by atoms with Gasteiger partial charge >= 0.3 is 0 Å². The van der Waals surface area contributed by atoms with E-state index in [1.807, 2.05) is 0 Å². The molecule has 0 aromatic heterocycles. The molecule has 1 saturated heterocycles. The summed E-state index contributed by atoms with van der Waals surface area (Å²) in [5.74, 6) is -3.36. The molecule has 1 amide bonds. The third-order valence-corrected chi connectivity index (χ3v) is 4.16. The topological polar surface area (TPSA) is 98.5 Å². The first-order valence-corrected chi connectivity index (χ1v) is 7.69. The van der Waals surface area contributed by atoms with Crippen LogP contribution in [0.15, 0.2) is 17.0 Å². The highest BCUT2D eigenvalue weighted by molar-refractivity contribution is 7.89. The number of nitrogens with two attached hydrogens (primary N) is 1. The summed E-state index contributed by atoms with van der Waals surface area (Å²) < 4.78 is 55.1. The maximum Gasteiger partial charge on any atom is 0.254 e. The van der Waals surface area contributed by atoms with Gasteiger partial charge in [0.1, 0.15) is 10.7 Å². The van der Waals surface area contributed by atoms with Crippen LogP contribution in [0.4, 0.5) is 8.78 Å². The third-order valence-electron chi connectivity index (χ3n) is 3.25. The van der Waals surface area contributed by atoms with Crippen LogP contribution in [0.25, 0.3) is 0 Å². The maximum atomic E-state index is 14.1. The monoisotopic (exact) mass is 320 g/mol. The molecule has 0 aliphatic carbocycles. The molecule has 1 aromatic rings. The van der Waals surface area contributed by atoms with E-state index in [0.29, 0.717) is 25.2 Å². The van der Waals surface area contributed by atoms with E-state index in [1.54, 1.807) is 6.92 Å². The van der Waals surface area contributed by atoms with E-state index in [4.69, 9.17) is 9.88 Å². The van der Waals surface area contributed by atoms with Crippen LogP contribution in [0.5, 0.6) is 0 Å². The predicted octanol–water partition coefficient (Wildman–Crippen LogP) is 0.519. The van der Waals surface area contributed by atoms with Crippen molar-refractivity contribution >= 4 is 15.9 Å². The number of halogens is 2. The van der Waals surface area contributed by atoms with E-state index < -0.39 is 38.0 Å².